The maximum Gasteiger partial charge on any atom is 0.272 e. The van der Waals surface area contributed by atoms with Crippen molar-refractivity contribution in [1.29, 1.82) is 0 Å². The van der Waals surface area contributed by atoms with Crippen LogP contribution in [0.15, 0.2) is 17.6 Å². The van der Waals surface area contributed by atoms with Crippen molar-refractivity contribution >= 4 is 17.2 Å². The number of amides is 1. The SMILES string of the molecule is CCc1csc([C@@H]2CCCN(C(=O)c3ccnc(C4CC4)n3)C2)n1. The van der Waals surface area contributed by atoms with Gasteiger partial charge in [0.25, 0.3) is 5.91 Å². The topological polar surface area (TPSA) is 59.0 Å². The number of carbonyl (C=O) groups excluding carboxylic acids is 1. The molecule has 6 heteroatoms. The summed E-state index contributed by atoms with van der Waals surface area (Å²) in [6.07, 6.45) is 7.12. The highest BCUT2D eigenvalue weighted by Gasteiger charge is 2.30. The smallest absolute Gasteiger partial charge is 0.272 e. The van der Waals surface area contributed by atoms with Crippen molar-refractivity contribution < 1.29 is 4.79 Å². The average molecular weight is 342 g/mol. The maximum atomic E-state index is 12.9. The van der Waals surface area contributed by atoms with Gasteiger partial charge in [0.05, 0.1) is 10.7 Å². The number of aryl methyl sites for hydroxylation is 1. The molecule has 24 heavy (non-hydrogen) atoms. The predicted octanol–water partition coefficient (Wildman–Crippen LogP) is 3.39. The van der Waals surface area contributed by atoms with E-state index in [1.54, 1.807) is 23.6 Å². The minimum Gasteiger partial charge on any atom is -0.337 e. The number of aromatic nitrogens is 3. The Labute approximate surface area is 146 Å². The van der Waals surface area contributed by atoms with Crippen LogP contribution in [0.4, 0.5) is 0 Å². The summed E-state index contributed by atoms with van der Waals surface area (Å²) in [5, 5.41) is 3.31. The van der Waals surface area contributed by atoms with Crippen LogP contribution in [0.25, 0.3) is 0 Å². The van der Waals surface area contributed by atoms with Crippen LogP contribution in [0.5, 0.6) is 0 Å². The molecular weight excluding hydrogens is 320 g/mol. The molecule has 4 rings (SSSR count). The molecule has 1 saturated heterocycles. The second-order valence-corrected chi connectivity index (χ2v) is 7.58. The van der Waals surface area contributed by atoms with Crippen molar-refractivity contribution in [2.24, 2.45) is 0 Å². The standard InChI is InChI=1S/C18H22N4OS/c1-2-14-11-24-17(20-14)13-4-3-9-22(10-13)18(23)15-7-8-19-16(21-15)12-5-6-12/h7-8,11-13H,2-6,9-10H2,1H3/t13-/m1/s1. The summed E-state index contributed by atoms with van der Waals surface area (Å²) < 4.78 is 0. The Morgan fingerprint density at radius 2 is 2.17 bits per heavy atom. The molecule has 2 aromatic rings. The van der Waals surface area contributed by atoms with E-state index in [1.807, 2.05) is 4.90 Å². The molecule has 0 N–H and O–H groups in total. The minimum absolute atomic E-state index is 0.0382. The second-order valence-electron chi connectivity index (χ2n) is 6.70. The number of carbonyl (C=O) groups is 1. The number of likely N-dealkylation sites (tertiary alicyclic amines) is 1. The van der Waals surface area contributed by atoms with Crippen molar-refractivity contribution in [2.45, 2.75) is 50.9 Å². The zero-order chi connectivity index (χ0) is 16.5. The van der Waals surface area contributed by atoms with Crippen LogP contribution in [-0.2, 0) is 6.42 Å². The largest absolute Gasteiger partial charge is 0.337 e. The molecule has 0 spiro atoms. The molecule has 5 nitrogen and oxygen atoms in total. The molecule has 2 aliphatic rings. The molecule has 2 fully saturated rings. The van der Waals surface area contributed by atoms with Crippen LogP contribution in [0.1, 0.15) is 71.5 Å². The number of rotatable bonds is 4. The van der Waals surface area contributed by atoms with Crippen LogP contribution in [0.2, 0.25) is 0 Å². The molecule has 126 valence electrons. The van der Waals surface area contributed by atoms with E-state index in [1.165, 1.54) is 5.01 Å². The number of nitrogens with zero attached hydrogens (tertiary/aromatic N) is 4. The van der Waals surface area contributed by atoms with Crippen LogP contribution in [-0.4, -0.2) is 38.8 Å². The quantitative estimate of drug-likeness (QED) is 0.854. The number of piperidine rings is 1. The Bertz CT molecular complexity index is 740. The fourth-order valence-electron chi connectivity index (χ4n) is 3.23. The van der Waals surface area contributed by atoms with Crippen LogP contribution in [0.3, 0.4) is 0 Å². The normalized spacial score (nSPS) is 21.0. The summed E-state index contributed by atoms with van der Waals surface area (Å²) in [5.74, 6) is 1.70. The highest BCUT2D eigenvalue weighted by atomic mass is 32.1. The monoisotopic (exact) mass is 342 g/mol. The van der Waals surface area contributed by atoms with Gasteiger partial charge in [-0.15, -0.1) is 11.3 Å². The zero-order valence-corrected chi connectivity index (χ0v) is 14.8. The van der Waals surface area contributed by atoms with Gasteiger partial charge in [-0.3, -0.25) is 4.79 Å². The minimum atomic E-state index is 0.0382. The molecule has 1 atom stereocenters. The van der Waals surface area contributed by atoms with E-state index in [4.69, 9.17) is 4.98 Å². The van der Waals surface area contributed by atoms with E-state index in [0.717, 1.165) is 56.7 Å². The van der Waals surface area contributed by atoms with Gasteiger partial charge in [-0.05, 0) is 38.2 Å². The van der Waals surface area contributed by atoms with Crippen molar-refractivity contribution in [1.82, 2.24) is 19.9 Å². The zero-order valence-electron chi connectivity index (χ0n) is 13.9. The highest BCUT2D eigenvalue weighted by Crippen LogP contribution is 2.38. The van der Waals surface area contributed by atoms with Crippen molar-refractivity contribution in [3.05, 3.63) is 39.9 Å². The summed E-state index contributed by atoms with van der Waals surface area (Å²) in [7, 11) is 0. The van der Waals surface area contributed by atoms with E-state index >= 15 is 0 Å². The van der Waals surface area contributed by atoms with E-state index in [2.05, 4.69) is 22.3 Å². The van der Waals surface area contributed by atoms with Crippen molar-refractivity contribution in [3.8, 4) is 0 Å². The Morgan fingerprint density at radius 3 is 2.92 bits per heavy atom. The number of hydrogen-bond acceptors (Lipinski definition) is 5. The first-order valence-electron chi connectivity index (χ1n) is 8.81. The lowest BCUT2D eigenvalue weighted by atomic mass is 9.98. The summed E-state index contributed by atoms with van der Waals surface area (Å²) in [5.41, 5.74) is 1.70. The third kappa shape index (κ3) is 3.20. The Morgan fingerprint density at radius 1 is 1.29 bits per heavy atom. The summed E-state index contributed by atoms with van der Waals surface area (Å²) in [6, 6.07) is 1.75. The number of thiazole rings is 1. The van der Waals surface area contributed by atoms with Crippen LogP contribution in [0, 0.1) is 0 Å². The lowest BCUT2D eigenvalue weighted by Gasteiger charge is -2.31. The molecule has 0 unspecified atom stereocenters. The van der Waals surface area contributed by atoms with Gasteiger partial charge in [0.2, 0.25) is 0 Å². The molecule has 2 aromatic heterocycles. The molecular formula is C18H22N4OS. The summed E-state index contributed by atoms with van der Waals surface area (Å²) in [4.78, 5) is 28.3. The molecule has 1 aliphatic heterocycles. The van der Waals surface area contributed by atoms with Crippen LogP contribution >= 0.6 is 11.3 Å². The number of hydrogen-bond donors (Lipinski definition) is 0. The molecule has 3 heterocycles. The van der Waals surface area contributed by atoms with E-state index < -0.39 is 0 Å². The Hall–Kier alpha value is -1.82. The van der Waals surface area contributed by atoms with Gasteiger partial charge in [-0.2, -0.15) is 0 Å². The second kappa shape index (κ2) is 6.59. The lowest BCUT2D eigenvalue weighted by molar-refractivity contribution is 0.0700. The van der Waals surface area contributed by atoms with E-state index in [9.17, 15) is 4.79 Å². The van der Waals surface area contributed by atoms with Gasteiger partial charge >= 0.3 is 0 Å². The molecule has 1 saturated carbocycles. The summed E-state index contributed by atoms with van der Waals surface area (Å²) >= 11 is 1.73. The molecule has 0 bridgehead atoms. The van der Waals surface area contributed by atoms with E-state index in [-0.39, 0.29) is 5.91 Å². The fraction of sp³-hybridized carbons (Fsp3) is 0.556. The maximum absolute atomic E-state index is 12.9. The van der Waals surface area contributed by atoms with Gasteiger partial charge in [0.15, 0.2) is 0 Å². The highest BCUT2D eigenvalue weighted by molar-refractivity contribution is 7.09. The summed E-state index contributed by atoms with van der Waals surface area (Å²) in [6.45, 7) is 3.68. The molecule has 0 aromatic carbocycles. The Kier molecular flexibility index (Phi) is 4.31. The lowest BCUT2D eigenvalue weighted by Crippen LogP contribution is -2.39. The van der Waals surface area contributed by atoms with Gasteiger partial charge in [0.1, 0.15) is 11.5 Å². The third-order valence-electron chi connectivity index (χ3n) is 4.83. The molecule has 1 aliphatic carbocycles. The third-order valence-corrected chi connectivity index (χ3v) is 5.88. The van der Waals surface area contributed by atoms with Crippen molar-refractivity contribution in [2.75, 3.05) is 13.1 Å². The van der Waals surface area contributed by atoms with Crippen LogP contribution < -0.4 is 0 Å². The van der Waals surface area contributed by atoms with Crippen molar-refractivity contribution in [3.63, 3.8) is 0 Å². The molecule has 0 radical (unpaired) electrons. The van der Waals surface area contributed by atoms with Gasteiger partial charge in [0, 0.05) is 36.5 Å². The Balaban J connectivity index is 1.48. The predicted molar refractivity (Wildman–Crippen MR) is 93.4 cm³/mol. The first kappa shape index (κ1) is 15.7. The van der Waals surface area contributed by atoms with E-state index in [0.29, 0.717) is 17.5 Å². The first-order chi connectivity index (χ1) is 11.7. The average Bonchev–Trinajstić information content (AvgIpc) is 3.38. The van der Waals surface area contributed by atoms with Gasteiger partial charge in [-0.25, -0.2) is 15.0 Å². The van der Waals surface area contributed by atoms with Gasteiger partial charge < -0.3 is 4.90 Å². The van der Waals surface area contributed by atoms with Gasteiger partial charge in [-0.1, -0.05) is 6.92 Å². The fourth-order valence-corrected chi connectivity index (χ4v) is 4.26. The first-order valence-corrected chi connectivity index (χ1v) is 9.69. The molecule has 1 amide bonds.